The van der Waals surface area contributed by atoms with Crippen molar-refractivity contribution in [3.8, 4) is 0 Å². The third-order valence-electron chi connectivity index (χ3n) is 3.03. The molecule has 1 atom stereocenters. The first kappa shape index (κ1) is 15.9. The second-order valence-corrected chi connectivity index (χ2v) is 5.25. The first-order valence-corrected chi connectivity index (χ1v) is 6.93. The van der Waals surface area contributed by atoms with Gasteiger partial charge in [0.25, 0.3) is 5.91 Å². The predicted molar refractivity (Wildman–Crippen MR) is 76.4 cm³/mol. The fourth-order valence-corrected chi connectivity index (χ4v) is 2.05. The fourth-order valence-electron chi connectivity index (χ4n) is 1.83. The van der Waals surface area contributed by atoms with E-state index < -0.39 is 0 Å². The summed E-state index contributed by atoms with van der Waals surface area (Å²) in [4.78, 5) is 16.3. The largest absolute Gasteiger partial charge is 0.396 e. The summed E-state index contributed by atoms with van der Waals surface area (Å²) in [6.07, 6.45) is 1.27. The van der Waals surface area contributed by atoms with Crippen LogP contribution in [0.3, 0.4) is 0 Å². The van der Waals surface area contributed by atoms with Gasteiger partial charge in [0.1, 0.15) is 5.15 Å². The summed E-state index contributed by atoms with van der Waals surface area (Å²) in [6.45, 7) is 6.04. The van der Waals surface area contributed by atoms with E-state index in [9.17, 15) is 4.79 Å². The molecule has 0 aliphatic carbocycles. The van der Waals surface area contributed by atoms with Crippen molar-refractivity contribution in [2.75, 3.05) is 6.61 Å². The van der Waals surface area contributed by atoms with Crippen molar-refractivity contribution < 1.29 is 9.90 Å². The summed E-state index contributed by atoms with van der Waals surface area (Å²) in [6, 6.07) is 3.26. The maximum atomic E-state index is 12.2. The molecule has 0 radical (unpaired) electrons. The highest BCUT2D eigenvalue weighted by molar-refractivity contribution is 6.29. The van der Waals surface area contributed by atoms with Gasteiger partial charge in [0.05, 0.1) is 0 Å². The van der Waals surface area contributed by atoms with Gasteiger partial charge in [-0.25, -0.2) is 4.98 Å². The third kappa shape index (κ3) is 4.80. The van der Waals surface area contributed by atoms with Crippen LogP contribution in [0, 0.1) is 5.92 Å². The van der Waals surface area contributed by atoms with Crippen LogP contribution >= 0.6 is 11.6 Å². The molecule has 0 aliphatic heterocycles. The Balaban J connectivity index is 2.84. The lowest BCUT2D eigenvalue weighted by Gasteiger charge is -2.21. The monoisotopic (exact) mass is 284 g/mol. The first-order valence-electron chi connectivity index (χ1n) is 6.56. The molecule has 1 unspecified atom stereocenters. The van der Waals surface area contributed by atoms with Crippen LogP contribution in [0.2, 0.25) is 5.15 Å². The molecule has 1 aromatic heterocycles. The van der Waals surface area contributed by atoms with Gasteiger partial charge in [0, 0.05) is 23.9 Å². The zero-order chi connectivity index (χ0) is 14.4. The van der Waals surface area contributed by atoms with E-state index in [0.717, 1.165) is 12.1 Å². The minimum atomic E-state index is -0.175. The van der Waals surface area contributed by atoms with Gasteiger partial charge in [-0.2, -0.15) is 0 Å². The Morgan fingerprint density at radius 3 is 2.68 bits per heavy atom. The van der Waals surface area contributed by atoms with Gasteiger partial charge >= 0.3 is 0 Å². The Kier molecular flexibility index (Phi) is 6.25. The summed E-state index contributed by atoms with van der Waals surface area (Å²) in [5, 5.41) is 12.3. The standard InChI is InChI=1S/C14H21ClN2O2/c1-4-11-7-10(8-13(15)16-11)14(19)17-12(5-6-18)9(2)3/h7-9,12,18H,4-6H2,1-3H3,(H,17,19). The van der Waals surface area contributed by atoms with Crippen LogP contribution in [-0.4, -0.2) is 28.6 Å². The van der Waals surface area contributed by atoms with Crippen molar-refractivity contribution in [1.82, 2.24) is 10.3 Å². The van der Waals surface area contributed by atoms with Gasteiger partial charge in [-0.3, -0.25) is 4.79 Å². The van der Waals surface area contributed by atoms with E-state index in [1.54, 1.807) is 12.1 Å². The highest BCUT2D eigenvalue weighted by atomic mass is 35.5. The molecule has 19 heavy (non-hydrogen) atoms. The van der Waals surface area contributed by atoms with Crippen LogP contribution in [0.1, 0.15) is 43.2 Å². The fraction of sp³-hybridized carbons (Fsp3) is 0.571. The van der Waals surface area contributed by atoms with Crippen molar-refractivity contribution in [3.05, 3.63) is 28.5 Å². The van der Waals surface area contributed by atoms with Gasteiger partial charge in [0.2, 0.25) is 0 Å². The molecule has 2 N–H and O–H groups in total. The minimum absolute atomic E-state index is 0.0467. The number of hydrogen-bond acceptors (Lipinski definition) is 3. The quantitative estimate of drug-likeness (QED) is 0.789. The van der Waals surface area contributed by atoms with E-state index in [-0.39, 0.29) is 24.5 Å². The first-order chi connectivity index (χ1) is 8.97. The summed E-state index contributed by atoms with van der Waals surface area (Å²) in [5.74, 6) is 0.0882. The number of nitrogens with zero attached hydrogens (tertiary/aromatic N) is 1. The molecular weight excluding hydrogens is 264 g/mol. The van der Waals surface area contributed by atoms with Gasteiger partial charge in [-0.05, 0) is 30.9 Å². The molecule has 1 heterocycles. The number of hydrogen-bond donors (Lipinski definition) is 2. The van der Waals surface area contributed by atoms with E-state index >= 15 is 0 Å². The Labute approximate surface area is 119 Å². The molecule has 1 aromatic rings. The molecule has 0 saturated heterocycles. The molecule has 0 fully saturated rings. The molecule has 106 valence electrons. The number of carbonyl (C=O) groups is 1. The number of rotatable bonds is 6. The Morgan fingerprint density at radius 2 is 2.16 bits per heavy atom. The van der Waals surface area contributed by atoms with E-state index in [1.807, 2.05) is 20.8 Å². The average molecular weight is 285 g/mol. The lowest BCUT2D eigenvalue weighted by Crippen LogP contribution is -2.39. The van der Waals surface area contributed by atoms with Gasteiger partial charge in [0.15, 0.2) is 0 Å². The molecule has 4 nitrogen and oxygen atoms in total. The Bertz CT molecular complexity index is 435. The second kappa shape index (κ2) is 7.46. The van der Waals surface area contributed by atoms with Gasteiger partial charge < -0.3 is 10.4 Å². The van der Waals surface area contributed by atoms with E-state index in [4.69, 9.17) is 16.7 Å². The van der Waals surface area contributed by atoms with Crippen LogP contribution in [0.25, 0.3) is 0 Å². The van der Waals surface area contributed by atoms with Crippen LogP contribution in [0.4, 0.5) is 0 Å². The van der Waals surface area contributed by atoms with Crippen molar-refractivity contribution in [3.63, 3.8) is 0 Å². The van der Waals surface area contributed by atoms with Crippen LogP contribution in [-0.2, 0) is 6.42 Å². The second-order valence-electron chi connectivity index (χ2n) is 4.86. The zero-order valence-corrected chi connectivity index (χ0v) is 12.4. The van der Waals surface area contributed by atoms with Crippen LogP contribution in [0.5, 0.6) is 0 Å². The lowest BCUT2D eigenvalue weighted by molar-refractivity contribution is 0.0916. The van der Waals surface area contributed by atoms with Crippen molar-refractivity contribution in [2.45, 2.75) is 39.7 Å². The predicted octanol–water partition coefficient (Wildman–Crippen LogP) is 2.43. The number of amides is 1. The number of aromatic nitrogens is 1. The molecular formula is C14H21ClN2O2. The Hall–Kier alpha value is -1.13. The number of carbonyl (C=O) groups excluding carboxylic acids is 1. The summed E-state index contributed by atoms with van der Waals surface area (Å²) in [7, 11) is 0. The molecule has 5 heteroatoms. The molecule has 0 aromatic carbocycles. The third-order valence-corrected chi connectivity index (χ3v) is 3.23. The van der Waals surface area contributed by atoms with Crippen molar-refractivity contribution in [1.29, 1.82) is 0 Å². The Morgan fingerprint density at radius 1 is 1.47 bits per heavy atom. The van der Waals surface area contributed by atoms with Crippen molar-refractivity contribution in [2.24, 2.45) is 5.92 Å². The normalized spacial score (nSPS) is 12.5. The molecule has 0 bridgehead atoms. The van der Waals surface area contributed by atoms with Crippen LogP contribution in [0.15, 0.2) is 12.1 Å². The van der Waals surface area contributed by atoms with Gasteiger partial charge in [-0.15, -0.1) is 0 Å². The number of pyridine rings is 1. The highest BCUT2D eigenvalue weighted by Gasteiger charge is 2.17. The maximum Gasteiger partial charge on any atom is 0.251 e. The molecule has 1 rings (SSSR count). The average Bonchev–Trinajstić information content (AvgIpc) is 2.37. The van der Waals surface area contributed by atoms with E-state index in [2.05, 4.69) is 10.3 Å². The summed E-state index contributed by atoms with van der Waals surface area (Å²) < 4.78 is 0. The number of aliphatic hydroxyl groups excluding tert-OH is 1. The van der Waals surface area contributed by atoms with Crippen LogP contribution < -0.4 is 5.32 Å². The van der Waals surface area contributed by atoms with E-state index in [1.165, 1.54) is 0 Å². The lowest BCUT2D eigenvalue weighted by atomic mass is 10.0. The molecule has 0 saturated carbocycles. The molecule has 1 amide bonds. The minimum Gasteiger partial charge on any atom is -0.396 e. The zero-order valence-electron chi connectivity index (χ0n) is 11.6. The number of nitrogens with one attached hydrogen (secondary N) is 1. The smallest absolute Gasteiger partial charge is 0.251 e. The van der Waals surface area contributed by atoms with Crippen molar-refractivity contribution >= 4 is 17.5 Å². The number of aryl methyl sites for hydroxylation is 1. The SMILES string of the molecule is CCc1cc(C(=O)NC(CCO)C(C)C)cc(Cl)n1. The summed E-state index contributed by atoms with van der Waals surface area (Å²) in [5.41, 5.74) is 1.31. The number of aliphatic hydroxyl groups is 1. The summed E-state index contributed by atoms with van der Waals surface area (Å²) >= 11 is 5.90. The molecule has 0 spiro atoms. The van der Waals surface area contributed by atoms with Gasteiger partial charge in [-0.1, -0.05) is 32.4 Å². The maximum absolute atomic E-state index is 12.2. The van der Waals surface area contributed by atoms with E-state index in [0.29, 0.717) is 17.1 Å². The highest BCUT2D eigenvalue weighted by Crippen LogP contribution is 2.13. The topological polar surface area (TPSA) is 62.2 Å². The number of halogens is 1. The molecule has 0 aliphatic rings.